The summed E-state index contributed by atoms with van der Waals surface area (Å²) >= 11 is 0. The van der Waals surface area contributed by atoms with Crippen molar-refractivity contribution < 1.29 is 0 Å². The van der Waals surface area contributed by atoms with Gasteiger partial charge in [0.15, 0.2) is 5.96 Å². The molecule has 1 aliphatic heterocycles. The minimum Gasteiger partial charge on any atom is -0.363 e. The maximum absolute atomic E-state index is 4.88. The predicted octanol–water partition coefficient (Wildman–Crippen LogP) is 2.84. The van der Waals surface area contributed by atoms with E-state index in [0.717, 1.165) is 36.9 Å². The summed E-state index contributed by atoms with van der Waals surface area (Å²) in [6, 6.07) is 11.1. The topological polar surface area (TPSA) is 55.8 Å². The van der Waals surface area contributed by atoms with Crippen LogP contribution in [0.4, 0.5) is 5.82 Å². The van der Waals surface area contributed by atoms with E-state index in [2.05, 4.69) is 53.6 Å². The van der Waals surface area contributed by atoms with Crippen LogP contribution in [0.5, 0.6) is 0 Å². The molecule has 2 heterocycles. The fourth-order valence-corrected chi connectivity index (χ4v) is 3.85. The Balaban J connectivity index is 1.77. The first-order chi connectivity index (χ1) is 13.6. The van der Waals surface area contributed by atoms with Crippen LogP contribution in [0.15, 0.2) is 35.3 Å². The molecule has 28 heavy (non-hydrogen) atoms. The van der Waals surface area contributed by atoms with Gasteiger partial charge in [-0.05, 0) is 50.6 Å². The number of aromatic nitrogens is 1. The molecule has 1 aliphatic rings. The Bertz CT molecular complexity index is 801. The Kier molecular flexibility index (Phi) is 7.09. The Labute approximate surface area is 169 Å². The lowest BCUT2D eigenvalue weighted by Gasteiger charge is -2.24. The van der Waals surface area contributed by atoms with Crippen LogP contribution in [0.2, 0.25) is 0 Å². The van der Waals surface area contributed by atoms with Gasteiger partial charge in [-0.2, -0.15) is 0 Å². The fourth-order valence-electron chi connectivity index (χ4n) is 3.85. The van der Waals surface area contributed by atoms with Gasteiger partial charge in [0.05, 0.1) is 12.1 Å². The Morgan fingerprint density at radius 1 is 1.25 bits per heavy atom. The molecule has 0 radical (unpaired) electrons. The molecule has 2 aromatic rings. The number of nitrogens with one attached hydrogen (secondary N) is 2. The molecular weight excluding hydrogens is 348 g/mol. The van der Waals surface area contributed by atoms with Crippen LogP contribution in [0.3, 0.4) is 0 Å². The normalized spacial score (nSPS) is 17.9. The third kappa shape index (κ3) is 4.93. The predicted molar refractivity (Wildman–Crippen MR) is 119 cm³/mol. The number of nitrogens with zero attached hydrogens (tertiary/aromatic N) is 4. The number of fused-ring (bicyclic) bond motifs is 1. The first kappa shape index (κ1) is 20.4. The highest BCUT2D eigenvalue weighted by molar-refractivity contribution is 5.85. The first-order valence-corrected chi connectivity index (χ1v) is 10.4. The van der Waals surface area contributed by atoms with Gasteiger partial charge in [0.1, 0.15) is 5.82 Å². The summed E-state index contributed by atoms with van der Waals surface area (Å²) in [6.07, 6.45) is 2.56. The van der Waals surface area contributed by atoms with Gasteiger partial charge in [-0.3, -0.25) is 4.90 Å². The summed E-state index contributed by atoms with van der Waals surface area (Å²) in [6.45, 7) is 9.11. The molecule has 1 aromatic carbocycles. The van der Waals surface area contributed by atoms with Gasteiger partial charge in [0.2, 0.25) is 0 Å². The van der Waals surface area contributed by atoms with Crippen LogP contribution in [0, 0.1) is 0 Å². The molecule has 1 saturated heterocycles. The molecule has 6 nitrogen and oxygen atoms in total. The standard InChI is InChI=1S/C22H34N6/c1-5-23-22(25-16-18-10-9-13-28(18)6-2)24-15-17-14-21(27(3)4)26-20-12-8-7-11-19(17)20/h7-8,11-12,14,18H,5-6,9-10,13,15-16H2,1-4H3,(H2,23,24,25). The summed E-state index contributed by atoms with van der Waals surface area (Å²) in [7, 11) is 4.05. The smallest absolute Gasteiger partial charge is 0.191 e. The van der Waals surface area contributed by atoms with E-state index < -0.39 is 0 Å². The molecule has 1 atom stereocenters. The number of aliphatic imine (C=N–C) groups is 1. The molecule has 0 bridgehead atoms. The van der Waals surface area contributed by atoms with Crippen LogP contribution in [0.25, 0.3) is 10.9 Å². The molecule has 1 unspecified atom stereocenters. The quantitative estimate of drug-likeness (QED) is 0.570. The highest BCUT2D eigenvalue weighted by atomic mass is 15.2. The number of likely N-dealkylation sites (tertiary alicyclic amines) is 1. The van der Waals surface area contributed by atoms with Crippen molar-refractivity contribution in [3.8, 4) is 0 Å². The molecule has 152 valence electrons. The lowest BCUT2D eigenvalue weighted by molar-refractivity contribution is 0.267. The van der Waals surface area contributed by atoms with Gasteiger partial charge in [-0.1, -0.05) is 25.1 Å². The van der Waals surface area contributed by atoms with Gasteiger partial charge >= 0.3 is 0 Å². The van der Waals surface area contributed by atoms with Gasteiger partial charge in [-0.15, -0.1) is 0 Å². The van der Waals surface area contributed by atoms with Crippen molar-refractivity contribution >= 4 is 22.7 Å². The zero-order valence-electron chi connectivity index (χ0n) is 17.7. The minimum absolute atomic E-state index is 0.607. The first-order valence-electron chi connectivity index (χ1n) is 10.4. The van der Waals surface area contributed by atoms with Crippen molar-refractivity contribution in [2.45, 2.75) is 39.3 Å². The zero-order valence-corrected chi connectivity index (χ0v) is 17.7. The second-order valence-electron chi connectivity index (χ2n) is 7.55. The molecule has 1 aromatic heterocycles. The highest BCUT2D eigenvalue weighted by Crippen LogP contribution is 2.22. The third-order valence-corrected chi connectivity index (χ3v) is 5.41. The molecule has 3 rings (SSSR count). The summed E-state index contributed by atoms with van der Waals surface area (Å²) < 4.78 is 0. The molecule has 0 spiro atoms. The number of anilines is 1. The third-order valence-electron chi connectivity index (χ3n) is 5.41. The Hall–Kier alpha value is -2.34. The molecule has 0 aliphatic carbocycles. The van der Waals surface area contributed by atoms with E-state index in [4.69, 9.17) is 9.98 Å². The van der Waals surface area contributed by atoms with E-state index in [1.54, 1.807) is 0 Å². The van der Waals surface area contributed by atoms with Crippen LogP contribution in [-0.2, 0) is 6.54 Å². The van der Waals surface area contributed by atoms with E-state index in [-0.39, 0.29) is 0 Å². The summed E-state index contributed by atoms with van der Waals surface area (Å²) in [4.78, 5) is 14.2. The second-order valence-corrected chi connectivity index (χ2v) is 7.55. The van der Waals surface area contributed by atoms with Gasteiger partial charge in [-0.25, -0.2) is 9.98 Å². The molecule has 0 saturated carbocycles. The van der Waals surface area contributed by atoms with Crippen molar-refractivity contribution in [2.24, 2.45) is 4.99 Å². The maximum atomic E-state index is 4.88. The van der Waals surface area contributed by atoms with Crippen molar-refractivity contribution in [1.82, 2.24) is 20.5 Å². The van der Waals surface area contributed by atoms with Gasteiger partial charge in [0, 0.05) is 38.6 Å². The number of guanidine groups is 1. The summed E-state index contributed by atoms with van der Waals surface area (Å²) in [5.41, 5.74) is 2.21. The van der Waals surface area contributed by atoms with Gasteiger partial charge < -0.3 is 15.5 Å². The van der Waals surface area contributed by atoms with Crippen LogP contribution < -0.4 is 15.5 Å². The van der Waals surface area contributed by atoms with Crippen LogP contribution in [0.1, 0.15) is 32.3 Å². The lowest BCUT2D eigenvalue weighted by atomic mass is 10.1. The van der Waals surface area contributed by atoms with E-state index in [1.807, 2.05) is 25.1 Å². The lowest BCUT2D eigenvalue weighted by Crippen LogP contribution is -2.44. The van der Waals surface area contributed by atoms with Crippen molar-refractivity contribution in [3.05, 3.63) is 35.9 Å². The van der Waals surface area contributed by atoms with E-state index in [0.29, 0.717) is 12.6 Å². The number of pyridine rings is 1. The zero-order chi connectivity index (χ0) is 19.9. The number of rotatable bonds is 7. The van der Waals surface area contributed by atoms with Gasteiger partial charge in [0.25, 0.3) is 0 Å². The number of hydrogen-bond donors (Lipinski definition) is 2. The Morgan fingerprint density at radius 3 is 2.82 bits per heavy atom. The SMILES string of the molecule is CCNC(=NCc1cc(N(C)C)nc2ccccc12)NCC1CCCN1CC. The van der Waals surface area contributed by atoms with Crippen molar-refractivity contribution in [3.63, 3.8) is 0 Å². The second kappa shape index (κ2) is 9.73. The molecule has 0 amide bonds. The van der Waals surface area contributed by atoms with Crippen LogP contribution >= 0.6 is 0 Å². The van der Waals surface area contributed by atoms with Crippen molar-refractivity contribution in [2.75, 3.05) is 45.2 Å². The summed E-state index contributed by atoms with van der Waals surface area (Å²) in [5.74, 6) is 1.85. The number of likely N-dealkylation sites (N-methyl/N-ethyl adjacent to an activating group) is 1. The van der Waals surface area contributed by atoms with E-state index in [9.17, 15) is 0 Å². The fraction of sp³-hybridized carbons (Fsp3) is 0.545. The van der Waals surface area contributed by atoms with Crippen LogP contribution in [-0.4, -0.2) is 62.2 Å². The molecule has 6 heteroatoms. The number of hydrogen-bond acceptors (Lipinski definition) is 4. The molecule has 2 N–H and O–H groups in total. The number of para-hydroxylation sites is 1. The van der Waals surface area contributed by atoms with Crippen molar-refractivity contribution in [1.29, 1.82) is 0 Å². The highest BCUT2D eigenvalue weighted by Gasteiger charge is 2.22. The molecule has 1 fully saturated rings. The molecular formula is C22H34N6. The Morgan fingerprint density at radius 2 is 2.07 bits per heavy atom. The maximum Gasteiger partial charge on any atom is 0.191 e. The summed E-state index contributed by atoms with van der Waals surface area (Å²) in [5, 5.41) is 8.11. The average Bonchev–Trinajstić information content (AvgIpc) is 3.17. The largest absolute Gasteiger partial charge is 0.363 e. The number of benzene rings is 1. The van der Waals surface area contributed by atoms with E-state index in [1.165, 1.54) is 30.3 Å². The minimum atomic E-state index is 0.607. The average molecular weight is 383 g/mol. The monoisotopic (exact) mass is 382 g/mol. The van der Waals surface area contributed by atoms with E-state index >= 15 is 0 Å².